The Morgan fingerprint density at radius 2 is 1.11 bits per heavy atom. The molecule has 0 aromatic heterocycles. The molecule has 12 amide bonds. The van der Waals surface area contributed by atoms with Crippen LogP contribution in [0.2, 0.25) is 5.02 Å². The fourth-order valence-corrected chi connectivity index (χ4v) is 13.3. The minimum atomic E-state index is -5.05. The SMILES string of the molecule is CCCC[C@@H]1NC(=O)[C@H](Cc2cccc(I)c2)NC(=O)CN(C)C(=O)[C@H](Cc2ccc(Cl)cc2)N(C)C(=O)CN(C)C(=O)CN(C)C(=O)[C@H]([C@@H](C)CC)NC(=O)[C@H](CC(C)C)N(C)C(=O)C[C@@H](C(=O)N2CCCCC2)N(C)C(=O)[C@H](CC(C)C)NC(=O)[C@H](Cc2ccc(OC(F)(F)F)cc2)N(C)C1=O. The normalized spacial score (nSPS) is 23.1. The number of hydrogen-bond donors (Lipinski definition) is 4. The zero-order valence-corrected chi connectivity index (χ0v) is 65.2. The summed E-state index contributed by atoms with van der Waals surface area (Å²) in [5.41, 5.74) is 1.40. The Morgan fingerprint density at radius 1 is 0.558 bits per heavy atom. The number of benzene rings is 3. The highest BCUT2D eigenvalue weighted by molar-refractivity contribution is 14.1. The predicted molar refractivity (Wildman–Crippen MR) is 395 cm³/mol. The van der Waals surface area contributed by atoms with E-state index >= 15 is 24.0 Å². The van der Waals surface area contributed by atoms with Crippen molar-refractivity contribution in [3.8, 4) is 5.75 Å². The van der Waals surface area contributed by atoms with Crippen molar-refractivity contribution in [3.63, 3.8) is 0 Å². The van der Waals surface area contributed by atoms with Gasteiger partial charge in [0.1, 0.15) is 54.1 Å². The summed E-state index contributed by atoms with van der Waals surface area (Å²) in [7, 11) is 9.42. The van der Waals surface area contributed by atoms with Crippen molar-refractivity contribution in [1.82, 2.24) is 60.5 Å². The topological polar surface area (TPSA) is 288 Å². The van der Waals surface area contributed by atoms with Crippen LogP contribution in [0, 0.1) is 21.3 Å². The molecule has 2 saturated heterocycles. The second-order valence-electron chi connectivity index (χ2n) is 28.3. The summed E-state index contributed by atoms with van der Waals surface area (Å²) in [5.74, 6) is -10.7. The molecule has 0 unspecified atom stereocenters. The van der Waals surface area contributed by atoms with Crippen LogP contribution in [0.5, 0.6) is 5.75 Å². The molecule has 3 aromatic rings. The van der Waals surface area contributed by atoms with Gasteiger partial charge in [0.15, 0.2) is 0 Å². The lowest BCUT2D eigenvalue weighted by atomic mass is 9.95. The first-order valence-electron chi connectivity index (χ1n) is 35.5. The van der Waals surface area contributed by atoms with E-state index in [4.69, 9.17) is 11.6 Å². The van der Waals surface area contributed by atoms with Gasteiger partial charge in [-0.3, -0.25) is 57.5 Å². The Morgan fingerprint density at radius 3 is 1.68 bits per heavy atom. The molecular weight excluding hydrogens is 1480 g/mol. The zero-order chi connectivity index (χ0) is 77.6. The maximum atomic E-state index is 15.4. The van der Waals surface area contributed by atoms with Gasteiger partial charge in [-0.1, -0.05) is 116 Å². The van der Waals surface area contributed by atoms with Crippen LogP contribution in [0.15, 0.2) is 72.8 Å². The van der Waals surface area contributed by atoms with E-state index in [0.717, 1.165) is 51.5 Å². The molecule has 0 aliphatic carbocycles. The number of ether oxygens (including phenoxy) is 1. The van der Waals surface area contributed by atoms with Crippen LogP contribution >= 0.6 is 34.2 Å². The van der Waals surface area contributed by atoms with Gasteiger partial charge in [0.05, 0.1) is 26.1 Å². The molecule has 574 valence electrons. The molecule has 3 aromatic carbocycles. The fraction of sp³-hybridized carbons (Fsp3) is 0.595. The van der Waals surface area contributed by atoms with Crippen LogP contribution in [-0.2, 0) is 76.8 Å². The second-order valence-corrected chi connectivity index (χ2v) is 30.0. The molecule has 104 heavy (non-hydrogen) atoms. The van der Waals surface area contributed by atoms with Crippen LogP contribution < -0.4 is 26.0 Å². The predicted octanol–water partition coefficient (Wildman–Crippen LogP) is 6.24. The van der Waals surface area contributed by atoms with Gasteiger partial charge < -0.3 is 65.2 Å². The van der Waals surface area contributed by atoms with Gasteiger partial charge in [0, 0.05) is 90.3 Å². The standard InChI is InChI=1S/C74H105ClF3IN12O13/c1-15-17-24-54-69(99)89(13)58(39-49-27-31-53(32-28-49)104-74(76,77)78)67(97)82-56(35-45(3)4)70(100)90(14)60(72(102)91-33-19-18-20-34-91)41-62(93)87(11)57(36-46(5)6)68(98)83-65(47(7)16-2)73(103)86(10)43-63(94)84(8)44-64(95)88(12)59(40-48-25-29-51(75)30-26-48)71(101)85(9)42-61(92)80-55(66(96)81-54)38-50-22-21-23-52(79)37-50/h21-23,25-32,37,45-47,54-60,65H,15-20,24,33-36,38-44H2,1-14H3,(H,80,92)(H,81,96)(H,82,97)(H,83,98)/t47-,54-,55-,56-,57-,58-,59-,60-,65-/m0/s1. The van der Waals surface area contributed by atoms with Crippen molar-refractivity contribution in [3.05, 3.63) is 98.1 Å². The number of alkyl halides is 3. The first-order chi connectivity index (χ1) is 48.8. The summed E-state index contributed by atoms with van der Waals surface area (Å²) in [5, 5.41) is 11.7. The first kappa shape index (κ1) is 86.6. The molecule has 30 heteroatoms. The monoisotopic (exact) mass is 1590 g/mol. The molecule has 25 nitrogen and oxygen atoms in total. The average Bonchev–Trinajstić information content (AvgIpc) is 0.810. The third-order valence-corrected chi connectivity index (χ3v) is 20.0. The lowest BCUT2D eigenvalue weighted by molar-refractivity contribution is -0.274. The van der Waals surface area contributed by atoms with Gasteiger partial charge in [-0.05, 0) is 132 Å². The summed E-state index contributed by atoms with van der Waals surface area (Å²) >= 11 is 8.34. The minimum Gasteiger partial charge on any atom is -0.406 e. The van der Waals surface area contributed by atoms with Crippen molar-refractivity contribution in [2.24, 2.45) is 17.8 Å². The van der Waals surface area contributed by atoms with E-state index in [0.29, 0.717) is 61.3 Å². The lowest BCUT2D eigenvalue weighted by Gasteiger charge is -2.38. The molecule has 5 rings (SSSR count). The summed E-state index contributed by atoms with van der Waals surface area (Å²) < 4.78 is 45.2. The molecule has 2 heterocycles. The molecule has 4 N–H and O–H groups in total. The van der Waals surface area contributed by atoms with Crippen LogP contribution in [0.25, 0.3) is 0 Å². The Balaban J connectivity index is 1.69. The van der Waals surface area contributed by atoms with Crippen molar-refractivity contribution in [2.45, 2.75) is 187 Å². The van der Waals surface area contributed by atoms with E-state index in [2.05, 4.69) is 48.6 Å². The molecule has 9 atom stereocenters. The maximum absolute atomic E-state index is 15.4. The third kappa shape index (κ3) is 25.9. The number of carbonyl (C=O) groups excluding carboxylic acids is 12. The number of likely N-dealkylation sites (N-methyl/N-ethyl adjacent to an activating group) is 7. The summed E-state index contributed by atoms with van der Waals surface area (Å²) in [6.45, 7) is 11.4. The number of likely N-dealkylation sites (tertiary alicyclic amines) is 1. The number of nitrogens with one attached hydrogen (secondary N) is 4. The van der Waals surface area contributed by atoms with E-state index in [1.807, 2.05) is 26.8 Å². The highest BCUT2D eigenvalue weighted by Gasteiger charge is 2.43. The highest BCUT2D eigenvalue weighted by Crippen LogP contribution is 2.26. The van der Waals surface area contributed by atoms with E-state index in [-0.39, 0.29) is 55.9 Å². The van der Waals surface area contributed by atoms with Gasteiger partial charge in [0.2, 0.25) is 70.9 Å². The van der Waals surface area contributed by atoms with Crippen LogP contribution in [0.1, 0.15) is 129 Å². The number of unbranched alkanes of at least 4 members (excludes halogenated alkanes) is 1. The maximum Gasteiger partial charge on any atom is 0.573 e. The molecule has 0 spiro atoms. The van der Waals surface area contributed by atoms with Crippen molar-refractivity contribution < 1.29 is 75.4 Å². The molecule has 2 fully saturated rings. The number of amides is 12. The molecule has 0 saturated carbocycles. The van der Waals surface area contributed by atoms with Crippen molar-refractivity contribution in [2.75, 3.05) is 82.1 Å². The Hall–Kier alpha value is -8.09. The summed E-state index contributed by atoms with van der Waals surface area (Å²) in [6.07, 6.45) is -2.98. The Labute approximate surface area is 627 Å². The lowest BCUT2D eigenvalue weighted by Crippen LogP contribution is -2.61. The summed E-state index contributed by atoms with van der Waals surface area (Å²) in [6, 6.07) is 7.00. The van der Waals surface area contributed by atoms with Crippen molar-refractivity contribution in [1.29, 1.82) is 0 Å². The van der Waals surface area contributed by atoms with Gasteiger partial charge >= 0.3 is 6.36 Å². The number of halogens is 5. The smallest absolute Gasteiger partial charge is 0.406 e. The van der Waals surface area contributed by atoms with Crippen molar-refractivity contribution >= 4 is 105 Å². The second kappa shape index (κ2) is 40.4. The molecule has 2 aliphatic heterocycles. The zero-order valence-electron chi connectivity index (χ0n) is 62.3. The molecule has 2 aliphatic rings. The third-order valence-electron chi connectivity index (χ3n) is 19.0. The Bertz CT molecular complexity index is 3470. The van der Waals surface area contributed by atoms with Gasteiger partial charge in [-0.2, -0.15) is 0 Å². The number of piperidine rings is 1. The number of rotatable bonds is 17. The number of carbonyl (C=O) groups is 12. The van der Waals surface area contributed by atoms with E-state index in [1.165, 1.54) is 66.4 Å². The minimum absolute atomic E-state index is 0.00659. The molecule has 0 radical (unpaired) electrons. The molecular formula is C74H105ClF3IN12O13. The Kier molecular flexibility index (Phi) is 33.6. The number of nitrogens with zero attached hydrogens (tertiary/aromatic N) is 8. The van der Waals surface area contributed by atoms with Crippen LogP contribution in [0.3, 0.4) is 0 Å². The quantitative estimate of drug-likeness (QED) is 0.109. The van der Waals surface area contributed by atoms with Gasteiger partial charge in [0.25, 0.3) is 0 Å². The van der Waals surface area contributed by atoms with E-state index in [9.17, 15) is 46.7 Å². The largest absolute Gasteiger partial charge is 0.573 e. The van der Waals surface area contributed by atoms with Gasteiger partial charge in [-0.15, -0.1) is 13.2 Å². The van der Waals surface area contributed by atoms with E-state index < -0.39 is 163 Å². The van der Waals surface area contributed by atoms with Gasteiger partial charge in [-0.25, -0.2) is 0 Å². The van der Waals surface area contributed by atoms with Crippen LogP contribution in [0.4, 0.5) is 13.2 Å². The number of hydrogen-bond acceptors (Lipinski definition) is 13. The fourth-order valence-electron chi connectivity index (χ4n) is 12.5. The first-order valence-corrected chi connectivity index (χ1v) is 36.9. The molecule has 0 bridgehead atoms. The van der Waals surface area contributed by atoms with E-state index in [1.54, 1.807) is 75.1 Å². The van der Waals surface area contributed by atoms with Crippen LogP contribution in [-0.4, -0.2) is 247 Å². The summed E-state index contributed by atoms with van der Waals surface area (Å²) in [4.78, 5) is 188. The highest BCUT2D eigenvalue weighted by atomic mass is 127. The average molecular weight is 1590 g/mol.